The molecule has 1 atom stereocenters. The summed E-state index contributed by atoms with van der Waals surface area (Å²) >= 11 is 9.13. The summed E-state index contributed by atoms with van der Waals surface area (Å²) in [4.78, 5) is 11.1. The van der Waals surface area contributed by atoms with Crippen molar-refractivity contribution in [1.82, 2.24) is 0 Å². The van der Waals surface area contributed by atoms with Gasteiger partial charge in [-0.05, 0) is 41.1 Å². The number of rotatable bonds is 3. The summed E-state index contributed by atoms with van der Waals surface area (Å²) in [5.74, 6) is 0.107. The van der Waals surface area contributed by atoms with Gasteiger partial charge in [0, 0.05) is 4.47 Å². The highest BCUT2D eigenvalue weighted by molar-refractivity contribution is 9.10. The number of hydrogen-bond acceptors (Lipinski definition) is 3. The summed E-state index contributed by atoms with van der Waals surface area (Å²) in [6.45, 7) is 1.61. The Morgan fingerprint density at radius 2 is 2.20 bits per heavy atom. The molecule has 0 N–H and O–H groups in total. The summed E-state index contributed by atoms with van der Waals surface area (Å²) in [7, 11) is 1.32. The maximum Gasteiger partial charge on any atom is 0.346 e. The van der Waals surface area contributed by atoms with Crippen LogP contribution in [0.1, 0.15) is 6.92 Å². The van der Waals surface area contributed by atoms with Gasteiger partial charge in [0.1, 0.15) is 5.75 Å². The van der Waals surface area contributed by atoms with Crippen LogP contribution in [0.2, 0.25) is 5.02 Å². The third kappa shape index (κ3) is 3.39. The van der Waals surface area contributed by atoms with E-state index in [1.54, 1.807) is 25.1 Å². The number of ether oxygens (including phenoxy) is 2. The number of hydrogen-bond donors (Lipinski definition) is 0. The largest absolute Gasteiger partial charge is 0.479 e. The Balaban J connectivity index is 2.73. The molecule has 0 amide bonds. The Morgan fingerprint density at radius 3 is 2.73 bits per heavy atom. The second kappa shape index (κ2) is 5.37. The van der Waals surface area contributed by atoms with Crippen LogP contribution in [-0.4, -0.2) is 19.2 Å². The van der Waals surface area contributed by atoms with E-state index in [4.69, 9.17) is 16.3 Å². The SMILES string of the molecule is COC(=O)C(C)Oc1ccc(Br)c(Cl)c1. The number of carbonyl (C=O) groups is 1. The van der Waals surface area contributed by atoms with E-state index in [9.17, 15) is 4.79 Å². The lowest BCUT2D eigenvalue weighted by Gasteiger charge is -2.12. The zero-order valence-corrected chi connectivity index (χ0v) is 10.6. The molecule has 0 saturated carbocycles. The van der Waals surface area contributed by atoms with Crippen LogP contribution < -0.4 is 4.74 Å². The Labute approximate surface area is 101 Å². The molecule has 0 bridgehead atoms. The summed E-state index contributed by atoms with van der Waals surface area (Å²) in [5.41, 5.74) is 0. The molecule has 1 unspecified atom stereocenters. The van der Waals surface area contributed by atoms with Gasteiger partial charge >= 0.3 is 5.97 Å². The summed E-state index contributed by atoms with van der Waals surface area (Å²) in [6.07, 6.45) is -0.646. The lowest BCUT2D eigenvalue weighted by atomic mass is 10.3. The molecular weight excluding hydrogens is 283 g/mol. The molecule has 0 fully saturated rings. The van der Waals surface area contributed by atoms with E-state index in [0.29, 0.717) is 10.8 Å². The highest BCUT2D eigenvalue weighted by Crippen LogP contribution is 2.27. The topological polar surface area (TPSA) is 35.5 Å². The predicted octanol–water partition coefficient (Wildman–Crippen LogP) is 3.04. The zero-order chi connectivity index (χ0) is 11.4. The Kier molecular flexibility index (Phi) is 4.42. The van der Waals surface area contributed by atoms with E-state index in [-0.39, 0.29) is 0 Å². The third-order valence-electron chi connectivity index (χ3n) is 1.74. The molecule has 5 heteroatoms. The lowest BCUT2D eigenvalue weighted by molar-refractivity contribution is -0.147. The summed E-state index contributed by atoms with van der Waals surface area (Å²) < 4.78 is 10.6. The smallest absolute Gasteiger partial charge is 0.346 e. The van der Waals surface area contributed by atoms with Crippen LogP contribution in [0, 0.1) is 0 Å². The van der Waals surface area contributed by atoms with Crippen LogP contribution in [0.25, 0.3) is 0 Å². The predicted molar refractivity (Wildman–Crippen MR) is 61.3 cm³/mol. The molecule has 0 aliphatic carbocycles. The monoisotopic (exact) mass is 292 g/mol. The van der Waals surface area contributed by atoms with Crippen LogP contribution in [0.4, 0.5) is 0 Å². The van der Waals surface area contributed by atoms with E-state index in [1.165, 1.54) is 7.11 Å². The quantitative estimate of drug-likeness (QED) is 0.804. The standard InChI is InChI=1S/C10H10BrClO3/c1-6(10(13)14-2)15-7-3-4-8(11)9(12)5-7/h3-6H,1-2H3. The first-order chi connectivity index (χ1) is 7.04. The number of carbonyl (C=O) groups excluding carboxylic acids is 1. The molecule has 1 aromatic carbocycles. The fourth-order valence-electron chi connectivity index (χ4n) is 0.968. The molecule has 1 rings (SSSR count). The van der Waals surface area contributed by atoms with Crippen molar-refractivity contribution in [2.75, 3.05) is 7.11 Å². The first-order valence-corrected chi connectivity index (χ1v) is 5.41. The minimum atomic E-state index is -0.646. The molecule has 0 aromatic heterocycles. The van der Waals surface area contributed by atoms with Crippen LogP contribution >= 0.6 is 27.5 Å². The second-order valence-corrected chi connectivity index (χ2v) is 4.12. The van der Waals surface area contributed by atoms with Crippen molar-refractivity contribution in [2.24, 2.45) is 0 Å². The van der Waals surface area contributed by atoms with E-state index >= 15 is 0 Å². The molecule has 3 nitrogen and oxygen atoms in total. The van der Waals surface area contributed by atoms with Crippen molar-refractivity contribution in [3.05, 3.63) is 27.7 Å². The minimum Gasteiger partial charge on any atom is -0.479 e. The van der Waals surface area contributed by atoms with E-state index in [0.717, 1.165) is 4.47 Å². The van der Waals surface area contributed by atoms with Gasteiger partial charge < -0.3 is 9.47 Å². The van der Waals surface area contributed by atoms with Crippen LogP contribution in [0.5, 0.6) is 5.75 Å². The van der Waals surface area contributed by atoms with Crippen molar-refractivity contribution in [3.63, 3.8) is 0 Å². The maximum atomic E-state index is 11.1. The number of esters is 1. The van der Waals surface area contributed by atoms with E-state index < -0.39 is 12.1 Å². The second-order valence-electron chi connectivity index (χ2n) is 2.86. The normalized spacial score (nSPS) is 12.0. The van der Waals surface area contributed by atoms with Gasteiger partial charge in [0.05, 0.1) is 12.1 Å². The molecular formula is C10H10BrClO3. The summed E-state index contributed by atoms with van der Waals surface area (Å²) in [6, 6.07) is 5.10. The van der Waals surface area contributed by atoms with Gasteiger partial charge in [-0.1, -0.05) is 11.6 Å². The Bertz CT molecular complexity index is 368. The van der Waals surface area contributed by atoms with E-state index in [2.05, 4.69) is 20.7 Å². The van der Waals surface area contributed by atoms with Crippen LogP contribution in [0.3, 0.4) is 0 Å². The lowest BCUT2D eigenvalue weighted by Crippen LogP contribution is -2.24. The molecule has 0 heterocycles. The maximum absolute atomic E-state index is 11.1. The molecule has 0 aliphatic heterocycles. The number of methoxy groups -OCH3 is 1. The van der Waals surface area contributed by atoms with Crippen molar-refractivity contribution in [1.29, 1.82) is 0 Å². The fourth-order valence-corrected chi connectivity index (χ4v) is 1.39. The van der Waals surface area contributed by atoms with Gasteiger partial charge in [-0.15, -0.1) is 0 Å². The molecule has 1 aromatic rings. The number of benzene rings is 1. The molecule has 0 saturated heterocycles. The molecule has 0 spiro atoms. The molecule has 82 valence electrons. The van der Waals surface area contributed by atoms with Gasteiger partial charge in [0.15, 0.2) is 6.10 Å². The van der Waals surface area contributed by atoms with Gasteiger partial charge in [-0.3, -0.25) is 0 Å². The summed E-state index contributed by atoms with van der Waals surface area (Å²) in [5, 5.41) is 0.532. The van der Waals surface area contributed by atoms with Gasteiger partial charge in [-0.2, -0.15) is 0 Å². The minimum absolute atomic E-state index is 0.422. The first kappa shape index (κ1) is 12.3. The number of halogens is 2. The highest BCUT2D eigenvalue weighted by Gasteiger charge is 2.14. The van der Waals surface area contributed by atoms with Crippen LogP contribution in [-0.2, 0) is 9.53 Å². The van der Waals surface area contributed by atoms with Gasteiger partial charge in [0.25, 0.3) is 0 Å². The van der Waals surface area contributed by atoms with Crippen molar-refractivity contribution in [3.8, 4) is 5.75 Å². The third-order valence-corrected chi connectivity index (χ3v) is 2.97. The van der Waals surface area contributed by atoms with Crippen LogP contribution in [0.15, 0.2) is 22.7 Å². The Hall–Kier alpha value is -0.740. The first-order valence-electron chi connectivity index (χ1n) is 4.24. The zero-order valence-electron chi connectivity index (χ0n) is 8.29. The molecule has 15 heavy (non-hydrogen) atoms. The van der Waals surface area contributed by atoms with Crippen molar-refractivity contribution >= 4 is 33.5 Å². The van der Waals surface area contributed by atoms with Crippen molar-refractivity contribution in [2.45, 2.75) is 13.0 Å². The van der Waals surface area contributed by atoms with Crippen molar-refractivity contribution < 1.29 is 14.3 Å². The molecule has 0 radical (unpaired) electrons. The fraction of sp³-hybridized carbons (Fsp3) is 0.300. The van der Waals surface area contributed by atoms with Gasteiger partial charge in [0.2, 0.25) is 0 Å². The average Bonchev–Trinajstić information content (AvgIpc) is 2.22. The van der Waals surface area contributed by atoms with Gasteiger partial charge in [-0.25, -0.2) is 4.79 Å². The average molecular weight is 294 g/mol. The Morgan fingerprint density at radius 1 is 1.53 bits per heavy atom. The highest BCUT2D eigenvalue weighted by atomic mass is 79.9. The molecule has 0 aliphatic rings. The van der Waals surface area contributed by atoms with E-state index in [1.807, 2.05) is 0 Å².